The summed E-state index contributed by atoms with van der Waals surface area (Å²) in [4.78, 5) is 14.6. The number of hydrogen-bond donors (Lipinski definition) is 3. The molecule has 1 amide bonds. The molecule has 0 fully saturated rings. The number of ether oxygens (including phenoxy) is 1. The Hall–Kier alpha value is -1.24. The predicted molar refractivity (Wildman–Crippen MR) is 72.3 cm³/mol. The number of primary amides is 1. The minimum Gasteiger partial charge on any atom is -0.372 e. The number of rotatable bonds is 7. The summed E-state index contributed by atoms with van der Waals surface area (Å²) in [7, 11) is 1.71. The Balaban J connectivity index is 2.49. The van der Waals surface area contributed by atoms with Crippen molar-refractivity contribution in [2.75, 3.05) is 37.4 Å². The Bertz CT molecular complexity index is 429. The summed E-state index contributed by atoms with van der Waals surface area (Å²) < 4.78 is 4.99. The van der Waals surface area contributed by atoms with E-state index in [0.29, 0.717) is 34.8 Å². The summed E-state index contributed by atoms with van der Waals surface area (Å²) in [6.07, 6.45) is 0. The fourth-order valence-electron chi connectivity index (χ4n) is 1.18. The summed E-state index contributed by atoms with van der Waals surface area (Å²) in [6.45, 7) is 0.661. The lowest BCUT2D eigenvalue weighted by Gasteiger charge is -2.10. The smallest absolute Gasteiger partial charge is 0.243 e. The zero-order chi connectivity index (χ0) is 13.5. The third-order valence-corrected chi connectivity index (χ3v) is 2.53. The average molecular weight is 293 g/mol. The number of amides is 1. The highest BCUT2D eigenvalue weighted by molar-refractivity contribution is 6.37. The van der Waals surface area contributed by atoms with Crippen molar-refractivity contribution in [3.8, 4) is 0 Å². The van der Waals surface area contributed by atoms with Gasteiger partial charge in [-0.25, -0.2) is 4.98 Å². The minimum absolute atomic E-state index is 0.106. The maximum absolute atomic E-state index is 10.4. The number of nitrogens with one attached hydrogen (secondary N) is 2. The first kappa shape index (κ1) is 14.8. The van der Waals surface area contributed by atoms with Gasteiger partial charge in [-0.2, -0.15) is 0 Å². The number of nitrogens with zero attached hydrogens (tertiary/aromatic N) is 1. The lowest BCUT2D eigenvalue weighted by molar-refractivity contribution is -0.122. The molecule has 0 saturated heterocycles. The van der Waals surface area contributed by atoms with Crippen molar-refractivity contribution in [1.82, 2.24) is 4.98 Å². The highest BCUT2D eigenvalue weighted by Gasteiger charge is 2.07. The van der Waals surface area contributed by atoms with E-state index in [4.69, 9.17) is 33.7 Å². The van der Waals surface area contributed by atoms with Crippen LogP contribution in [0.5, 0.6) is 0 Å². The summed E-state index contributed by atoms with van der Waals surface area (Å²) >= 11 is 11.9. The average Bonchev–Trinajstić information content (AvgIpc) is 2.30. The maximum Gasteiger partial charge on any atom is 0.243 e. The first-order valence-corrected chi connectivity index (χ1v) is 5.94. The van der Waals surface area contributed by atoms with E-state index in [1.54, 1.807) is 13.1 Å². The van der Waals surface area contributed by atoms with E-state index in [1.165, 1.54) is 0 Å². The molecular weight excluding hydrogens is 279 g/mol. The molecule has 0 spiro atoms. The number of halogens is 2. The van der Waals surface area contributed by atoms with Gasteiger partial charge in [0.25, 0.3) is 0 Å². The molecule has 0 aromatic carbocycles. The molecule has 0 aliphatic heterocycles. The second-order valence-corrected chi connectivity index (χ2v) is 4.16. The van der Waals surface area contributed by atoms with Gasteiger partial charge in [-0.1, -0.05) is 23.2 Å². The van der Waals surface area contributed by atoms with Crippen LogP contribution in [0.25, 0.3) is 0 Å². The summed E-state index contributed by atoms with van der Waals surface area (Å²) in [5.41, 5.74) is 4.92. The third kappa shape index (κ3) is 4.56. The molecule has 0 atom stereocenters. The minimum atomic E-state index is -0.505. The molecule has 0 saturated carbocycles. The van der Waals surface area contributed by atoms with Crippen molar-refractivity contribution in [2.45, 2.75) is 0 Å². The first-order valence-electron chi connectivity index (χ1n) is 5.18. The van der Waals surface area contributed by atoms with Crippen molar-refractivity contribution < 1.29 is 9.53 Å². The summed E-state index contributed by atoms with van der Waals surface area (Å²) in [6, 6.07) is 1.59. The zero-order valence-electron chi connectivity index (χ0n) is 9.80. The standard InChI is InChI=1S/C10H14Cl2N4O2/c1-14-9-6(11)4-7(12)10(16-9)15-2-3-18-5-8(13)17/h4H,2-3,5H2,1H3,(H2,13,17)(H2,14,15,16). The number of carbonyl (C=O) groups is 1. The van der Waals surface area contributed by atoms with Crippen LogP contribution in [0.3, 0.4) is 0 Å². The highest BCUT2D eigenvalue weighted by Crippen LogP contribution is 2.28. The van der Waals surface area contributed by atoms with E-state index >= 15 is 0 Å². The van der Waals surface area contributed by atoms with Gasteiger partial charge in [-0.3, -0.25) is 4.79 Å². The van der Waals surface area contributed by atoms with E-state index in [-0.39, 0.29) is 6.61 Å². The van der Waals surface area contributed by atoms with Crippen LogP contribution < -0.4 is 16.4 Å². The second kappa shape index (κ2) is 7.25. The van der Waals surface area contributed by atoms with E-state index in [1.807, 2.05) is 0 Å². The Morgan fingerprint density at radius 1 is 1.44 bits per heavy atom. The highest BCUT2D eigenvalue weighted by atomic mass is 35.5. The Kier molecular flexibility index (Phi) is 5.97. The SMILES string of the molecule is CNc1nc(NCCOCC(N)=O)c(Cl)cc1Cl. The Morgan fingerprint density at radius 3 is 2.72 bits per heavy atom. The molecule has 6 nitrogen and oxygen atoms in total. The molecule has 100 valence electrons. The van der Waals surface area contributed by atoms with Crippen LogP contribution >= 0.6 is 23.2 Å². The van der Waals surface area contributed by atoms with Gasteiger partial charge >= 0.3 is 0 Å². The zero-order valence-corrected chi connectivity index (χ0v) is 11.3. The van der Waals surface area contributed by atoms with Crippen LogP contribution in [-0.4, -0.2) is 37.7 Å². The Morgan fingerprint density at radius 2 is 2.11 bits per heavy atom. The largest absolute Gasteiger partial charge is 0.372 e. The number of aromatic nitrogens is 1. The molecule has 1 heterocycles. The topological polar surface area (TPSA) is 89.3 Å². The molecule has 4 N–H and O–H groups in total. The quantitative estimate of drug-likeness (QED) is 0.660. The van der Waals surface area contributed by atoms with Gasteiger partial charge in [-0.05, 0) is 6.07 Å². The van der Waals surface area contributed by atoms with E-state index in [2.05, 4.69) is 15.6 Å². The number of carbonyl (C=O) groups excluding carboxylic acids is 1. The fraction of sp³-hybridized carbons (Fsp3) is 0.400. The Labute approximate surface area is 115 Å². The van der Waals surface area contributed by atoms with Gasteiger partial charge < -0.3 is 21.1 Å². The van der Waals surface area contributed by atoms with Gasteiger partial charge in [0, 0.05) is 13.6 Å². The summed E-state index contributed by atoms with van der Waals surface area (Å²) in [5, 5.41) is 6.67. The number of nitrogens with two attached hydrogens (primary N) is 1. The molecule has 1 aromatic heterocycles. The van der Waals surface area contributed by atoms with Crippen molar-refractivity contribution in [2.24, 2.45) is 5.73 Å². The molecule has 8 heteroatoms. The van der Waals surface area contributed by atoms with Crippen LogP contribution in [0.2, 0.25) is 10.0 Å². The second-order valence-electron chi connectivity index (χ2n) is 3.34. The summed E-state index contributed by atoms with van der Waals surface area (Å²) in [5.74, 6) is 0.518. The van der Waals surface area contributed by atoms with Gasteiger partial charge in [0.15, 0.2) is 0 Å². The molecule has 0 aliphatic carbocycles. The first-order chi connectivity index (χ1) is 8.54. The molecule has 0 aliphatic rings. The van der Waals surface area contributed by atoms with Gasteiger partial charge in [0.1, 0.15) is 18.2 Å². The van der Waals surface area contributed by atoms with E-state index in [0.717, 1.165) is 0 Å². The third-order valence-electron chi connectivity index (χ3n) is 1.95. The molecule has 1 rings (SSSR count). The molecule has 1 aromatic rings. The lowest BCUT2D eigenvalue weighted by atomic mass is 10.4. The maximum atomic E-state index is 10.4. The van der Waals surface area contributed by atoms with E-state index in [9.17, 15) is 4.79 Å². The number of anilines is 2. The van der Waals surface area contributed by atoms with E-state index < -0.39 is 5.91 Å². The molecule has 18 heavy (non-hydrogen) atoms. The number of hydrogen-bond acceptors (Lipinski definition) is 5. The van der Waals surface area contributed by atoms with Crippen molar-refractivity contribution in [3.63, 3.8) is 0 Å². The van der Waals surface area contributed by atoms with Crippen molar-refractivity contribution in [1.29, 1.82) is 0 Å². The normalized spacial score (nSPS) is 10.2. The molecule has 0 bridgehead atoms. The van der Waals surface area contributed by atoms with Gasteiger partial charge in [0.2, 0.25) is 5.91 Å². The van der Waals surface area contributed by atoms with Crippen molar-refractivity contribution >= 4 is 40.7 Å². The fourth-order valence-corrected chi connectivity index (χ4v) is 1.70. The molecule has 0 unspecified atom stereocenters. The van der Waals surface area contributed by atoms with Crippen LogP contribution in [0.15, 0.2) is 6.07 Å². The van der Waals surface area contributed by atoms with Crippen LogP contribution in [0.4, 0.5) is 11.6 Å². The predicted octanol–water partition coefficient (Wildman–Crippen LogP) is 1.34. The van der Waals surface area contributed by atoms with Crippen molar-refractivity contribution in [3.05, 3.63) is 16.1 Å². The molecular formula is C10H14Cl2N4O2. The number of pyridine rings is 1. The van der Waals surface area contributed by atoms with Crippen LogP contribution in [0.1, 0.15) is 0 Å². The van der Waals surface area contributed by atoms with Gasteiger partial charge in [-0.15, -0.1) is 0 Å². The monoisotopic (exact) mass is 292 g/mol. The molecule has 0 radical (unpaired) electrons. The van der Waals surface area contributed by atoms with Gasteiger partial charge in [0.05, 0.1) is 16.7 Å². The van der Waals surface area contributed by atoms with Crippen LogP contribution in [0, 0.1) is 0 Å². The van der Waals surface area contributed by atoms with Crippen LogP contribution in [-0.2, 0) is 9.53 Å². The lowest BCUT2D eigenvalue weighted by Crippen LogP contribution is -2.20.